The number of nitrogens with zero attached hydrogens (tertiary/aromatic N) is 5. The SMILES string of the molecule is CCOC(=O)CC[C@H](NC(=O)c1ccc([N+]([O-])(CC)Cc2cnc3nc(N)nc(N)c3n2)c(C)c1)C(=O)OCC. The van der Waals surface area contributed by atoms with E-state index in [1.54, 1.807) is 39.8 Å². The van der Waals surface area contributed by atoms with Crippen LogP contribution in [0.25, 0.3) is 11.2 Å². The first-order chi connectivity index (χ1) is 19.0. The maximum absolute atomic E-state index is 13.9. The van der Waals surface area contributed by atoms with Gasteiger partial charge in [-0.05, 0) is 46.2 Å². The molecule has 1 unspecified atom stereocenters. The summed E-state index contributed by atoms with van der Waals surface area (Å²) in [6.45, 7) is 7.22. The molecule has 2 aromatic heterocycles. The molecule has 14 nitrogen and oxygen atoms in total. The van der Waals surface area contributed by atoms with Gasteiger partial charge in [-0.25, -0.2) is 14.8 Å². The molecule has 2 atom stereocenters. The Hall–Kier alpha value is -4.43. The second kappa shape index (κ2) is 13.1. The van der Waals surface area contributed by atoms with Crippen LogP contribution in [0.3, 0.4) is 0 Å². The van der Waals surface area contributed by atoms with Gasteiger partial charge in [0.1, 0.15) is 24.0 Å². The van der Waals surface area contributed by atoms with E-state index in [1.807, 2.05) is 0 Å². The third-order valence-corrected chi connectivity index (χ3v) is 6.15. The summed E-state index contributed by atoms with van der Waals surface area (Å²) in [5, 5.41) is 16.6. The molecule has 3 rings (SSSR count). The first-order valence-electron chi connectivity index (χ1n) is 12.9. The molecule has 3 aromatic rings. The molecular formula is C26H34N8O6. The molecule has 1 aromatic carbocycles. The van der Waals surface area contributed by atoms with Gasteiger partial charge in [0.2, 0.25) is 5.95 Å². The van der Waals surface area contributed by atoms with E-state index in [4.69, 9.17) is 20.9 Å². The molecule has 0 saturated carbocycles. The lowest BCUT2D eigenvalue weighted by molar-refractivity contribution is -0.146. The number of nitrogens with two attached hydrogens (primary N) is 2. The summed E-state index contributed by atoms with van der Waals surface area (Å²) in [6.07, 6.45) is 1.40. The topological polar surface area (TPSA) is 208 Å². The molecule has 0 aliphatic rings. The zero-order valence-corrected chi connectivity index (χ0v) is 23.0. The summed E-state index contributed by atoms with van der Waals surface area (Å²) in [5.41, 5.74) is 13.6. The van der Waals surface area contributed by atoms with E-state index < -0.39 is 28.5 Å². The molecule has 0 spiro atoms. The normalized spacial score (nSPS) is 13.3. The van der Waals surface area contributed by atoms with Gasteiger partial charge < -0.3 is 36.1 Å². The highest BCUT2D eigenvalue weighted by Crippen LogP contribution is 2.30. The van der Waals surface area contributed by atoms with Gasteiger partial charge in [0.25, 0.3) is 5.91 Å². The first-order valence-corrected chi connectivity index (χ1v) is 12.9. The largest absolute Gasteiger partial charge is 0.627 e. The number of hydroxylamine groups is 2. The Balaban J connectivity index is 1.81. The van der Waals surface area contributed by atoms with Crippen molar-refractivity contribution in [3.63, 3.8) is 0 Å². The van der Waals surface area contributed by atoms with Crippen LogP contribution in [-0.2, 0) is 25.6 Å². The molecule has 0 saturated heterocycles. The molecule has 14 heteroatoms. The van der Waals surface area contributed by atoms with Crippen molar-refractivity contribution in [1.29, 1.82) is 0 Å². The van der Waals surface area contributed by atoms with Crippen LogP contribution in [0.2, 0.25) is 0 Å². The van der Waals surface area contributed by atoms with Crippen LogP contribution < -0.4 is 21.4 Å². The quantitative estimate of drug-likeness (QED) is 0.167. The van der Waals surface area contributed by atoms with Gasteiger partial charge in [0.05, 0.1) is 26.0 Å². The van der Waals surface area contributed by atoms with E-state index >= 15 is 0 Å². The molecule has 0 bridgehead atoms. The van der Waals surface area contributed by atoms with Crippen LogP contribution in [0.15, 0.2) is 24.4 Å². The van der Waals surface area contributed by atoms with Crippen molar-refractivity contribution >= 4 is 46.5 Å². The highest BCUT2D eigenvalue weighted by Gasteiger charge is 2.27. The molecule has 214 valence electrons. The predicted molar refractivity (Wildman–Crippen MR) is 148 cm³/mol. The molecule has 0 aliphatic heterocycles. The molecule has 2 heterocycles. The Morgan fingerprint density at radius 2 is 1.80 bits per heavy atom. The number of quaternary nitrogens is 1. The number of nitrogen functional groups attached to an aromatic ring is 2. The zero-order chi connectivity index (χ0) is 29.4. The number of carbonyl (C=O) groups excluding carboxylic acids is 3. The van der Waals surface area contributed by atoms with Crippen LogP contribution >= 0.6 is 0 Å². The lowest BCUT2D eigenvalue weighted by Gasteiger charge is -2.42. The summed E-state index contributed by atoms with van der Waals surface area (Å²) in [7, 11) is 0. The van der Waals surface area contributed by atoms with Gasteiger partial charge in [0, 0.05) is 23.6 Å². The fourth-order valence-electron chi connectivity index (χ4n) is 4.17. The maximum Gasteiger partial charge on any atom is 0.328 e. The monoisotopic (exact) mass is 554 g/mol. The van der Waals surface area contributed by atoms with E-state index in [2.05, 4.69) is 25.3 Å². The lowest BCUT2D eigenvalue weighted by atomic mass is 10.1. The Bertz CT molecular complexity index is 1400. The predicted octanol–water partition coefficient (Wildman–Crippen LogP) is 1.92. The highest BCUT2D eigenvalue weighted by atomic mass is 16.5. The van der Waals surface area contributed by atoms with Crippen molar-refractivity contribution in [3.05, 3.63) is 46.4 Å². The summed E-state index contributed by atoms with van der Waals surface area (Å²) in [4.78, 5) is 53.7. The second-order valence-electron chi connectivity index (χ2n) is 8.99. The number of carbonyl (C=O) groups is 3. The molecule has 40 heavy (non-hydrogen) atoms. The van der Waals surface area contributed by atoms with Crippen LogP contribution in [0.4, 0.5) is 17.5 Å². The number of nitrogens with one attached hydrogen (secondary N) is 1. The number of hydrogen-bond acceptors (Lipinski definition) is 12. The number of hydrogen-bond donors (Lipinski definition) is 3. The van der Waals surface area contributed by atoms with Gasteiger partial charge in [-0.15, -0.1) is 0 Å². The number of fused-ring (bicyclic) bond motifs is 1. The van der Waals surface area contributed by atoms with Crippen LogP contribution in [-0.4, -0.2) is 63.6 Å². The molecule has 0 radical (unpaired) electrons. The van der Waals surface area contributed by atoms with Crippen molar-refractivity contribution in [3.8, 4) is 0 Å². The van der Waals surface area contributed by atoms with Crippen molar-refractivity contribution in [2.45, 2.75) is 53.1 Å². The number of benzene rings is 1. The number of rotatable bonds is 12. The van der Waals surface area contributed by atoms with E-state index in [-0.39, 0.29) is 67.6 Å². The fourth-order valence-corrected chi connectivity index (χ4v) is 4.17. The van der Waals surface area contributed by atoms with Crippen molar-refractivity contribution in [2.75, 3.05) is 31.2 Å². The third-order valence-electron chi connectivity index (χ3n) is 6.15. The standard InChI is InChI=1S/C26H34N8O6/c1-5-34(38,14-17-13-29-23-21(30-17)22(27)32-26(28)33-23)19-10-8-16(12-15(19)4)24(36)31-18(25(37)40-7-3)9-11-20(35)39-6-2/h8,10,12-13,18H,5-7,9,11,14H2,1-4H3,(H,31,36)(H4,27,28,29,32,33)/t18-,34?/m0/s1. The summed E-state index contributed by atoms with van der Waals surface area (Å²) < 4.78 is 9.17. The van der Waals surface area contributed by atoms with Gasteiger partial charge in [0.15, 0.2) is 17.0 Å². The number of aromatic nitrogens is 4. The molecule has 0 fully saturated rings. The number of ether oxygens (including phenoxy) is 2. The third kappa shape index (κ3) is 7.15. The summed E-state index contributed by atoms with van der Waals surface area (Å²) in [5.74, 6) is -1.65. The minimum Gasteiger partial charge on any atom is -0.627 e. The Morgan fingerprint density at radius 1 is 1.07 bits per heavy atom. The Labute approximate surface area is 231 Å². The van der Waals surface area contributed by atoms with Crippen LogP contribution in [0, 0.1) is 12.1 Å². The van der Waals surface area contributed by atoms with Gasteiger partial charge >= 0.3 is 11.9 Å². The van der Waals surface area contributed by atoms with E-state index in [0.29, 0.717) is 16.9 Å². The highest BCUT2D eigenvalue weighted by molar-refractivity contribution is 5.97. The average Bonchev–Trinajstić information content (AvgIpc) is 2.91. The molecule has 5 N–H and O–H groups in total. The minimum absolute atomic E-state index is 0.0197. The van der Waals surface area contributed by atoms with Gasteiger partial charge in [-0.3, -0.25) is 9.59 Å². The van der Waals surface area contributed by atoms with Crippen molar-refractivity contribution in [1.82, 2.24) is 29.9 Å². The van der Waals surface area contributed by atoms with Crippen LogP contribution in [0.1, 0.15) is 55.2 Å². The van der Waals surface area contributed by atoms with Gasteiger partial charge in [-0.1, -0.05) is 0 Å². The number of aryl methyl sites for hydroxylation is 1. The molecule has 0 aliphatic carbocycles. The average molecular weight is 555 g/mol. The van der Waals surface area contributed by atoms with Crippen LogP contribution in [0.5, 0.6) is 0 Å². The lowest BCUT2D eigenvalue weighted by Crippen LogP contribution is -2.43. The van der Waals surface area contributed by atoms with E-state index in [9.17, 15) is 19.6 Å². The molecule has 1 amide bonds. The van der Waals surface area contributed by atoms with Crippen molar-refractivity contribution < 1.29 is 23.9 Å². The second-order valence-corrected chi connectivity index (χ2v) is 8.99. The fraction of sp³-hybridized carbons (Fsp3) is 0.423. The Kier molecular flexibility index (Phi) is 9.85. The smallest absolute Gasteiger partial charge is 0.328 e. The minimum atomic E-state index is -1.04. The number of amides is 1. The van der Waals surface area contributed by atoms with Crippen molar-refractivity contribution in [2.24, 2.45) is 0 Å². The van der Waals surface area contributed by atoms with Gasteiger partial charge in [-0.2, -0.15) is 9.97 Å². The molecular weight excluding hydrogens is 520 g/mol. The summed E-state index contributed by atoms with van der Waals surface area (Å²) >= 11 is 0. The summed E-state index contributed by atoms with van der Waals surface area (Å²) in [6, 6.07) is 3.61. The Morgan fingerprint density at radius 3 is 2.45 bits per heavy atom. The first kappa shape index (κ1) is 30.1. The number of anilines is 2. The number of esters is 2. The van der Waals surface area contributed by atoms with E-state index in [1.165, 1.54) is 12.3 Å². The van der Waals surface area contributed by atoms with E-state index in [0.717, 1.165) is 0 Å². The zero-order valence-electron chi connectivity index (χ0n) is 23.0. The maximum atomic E-state index is 13.9.